The summed E-state index contributed by atoms with van der Waals surface area (Å²) in [4.78, 5) is 48.5. The topological polar surface area (TPSA) is 133 Å². The zero-order chi connectivity index (χ0) is 19.7. The Labute approximate surface area is 154 Å². The summed E-state index contributed by atoms with van der Waals surface area (Å²) < 4.78 is 6.26. The number of benzene rings is 1. The first-order valence-corrected chi connectivity index (χ1v) is 8.26. The first-order chi connectivity index (χ1) is 12.9. The molecule has 1 aromatic carbocycles. The van der Waals surface area contributed by atoms with Gasteiger partial charge in [-0.05, 0) is 18.6 Å². The van der Waals surface area contributed by atoms with Crippen molar-refractivity contribution in [1.29, 1.82) is 0 Å². The second-order valence-corrected chi connectivity index (χ2v) is 5.96. The van der Waals surface area contributed by atoms with Gasteiger partial charge in [0.1, 0.15) is 11.6 Å². The van der Waals surface area contributed by atoms with Crippen LogP contribution in [0.2, 0.25) is 0 Å². The molecule has 9 heteroatoms. The van der Waals surface area contributed by atoms with E-state index in [-0.39, 0.29) is 28.5 Å². The van der Waals surface area contributed by atoms with Crippen LogP contribution >= 0.6 is 0 Å². The SMILES string of the molecule is CCCC(=O)Nc1ccc(OC)cc1-n1c(N)c2c(cc1=O)C(=O)NC2=O. The Morgan fingerprint density at radius 1 is 1.22 bits per heavy atom. The van der Waals surface area contributed by atoms with E-state index in [4.69, 9.17) is 10.5 Å². The molecule has 0 fully saturated rings. The summed E-state index contributed by atoms with van der Waals surface area (Å²) in [5.74, 6) is -1.36. The quantitative estimate of drug-likeness (QED) is 0.674. The molecule has 0 unspecified atom stereocenters. The van der Waals surface area contributed by atoms with Gasteiger partial charge < -0.3 is 15.8 Å². The zero-order valence-corrected chi connectivity index (χ0v) is 14.8. The van der Waals surface area contributed by atoms with Gasteiger partial charge in [-0.15, -0.1) is 0 Å². The number of nitrogens with one attached hydrogen (secondary N) is 2. The number of carbonyl (C=O) groups is 3. The van der Waals surface area contributed by atoms with Gasteiger partial charge in [0.2, 0.25) is 5.91 Å². The number of amides is 3. The molecule has 3 rings (SSSR count). The minimum atomic E-state index is -0.680. The van der Waals surface area contributed by atoms with Crippen LogP contribution in [0.15, 0.2) is 29.1 Å². The highest BCUT2D eigenvalue weighted by Gasteiger charge is 2.32. The van der Waals surface area contributed by atoms with Crippen LogP contribution in [0.3, 0.4) is 0 Å². The van der Waals surface area contributed by atoms with Crippen molar-refractivity contribution in [3.63, 3.8) is 0 Å². The number of fused-ring (bicyclic) bond motifs is 1. The summed E-state index contributed by atoms with van der Waals surface area (Å²) in [6, 6.07) is 5.76. The molecule has 2 heterocycles. The lowest BCUT2D eigenvalue weighted by Gasteiger charge is -2.17. The first-order valence-electron chi connectivity index (χ1n) is 8.26. The van der Waals surface area contributed by atoms with Crippen molar-refractivity contribution < 1.29 is 19.1 Å². The lowest BCUT2D eigenvalue weighted by Crippen LogP contribution is -2.25. The molecule has 0 radical (unpaired) electrons. The maximum Gasteiger partial charge on any atom is 0.262 e. The molecule has 1 aromatic heterocycles. The molecule has 1 aliphatic rings. The van der Waals surface area contributed by atoms with E-state index in [0.29, 0.717) is 24.3 Å². The lowest BCUT2D eigenvalue weighted by atomic mass is 10.1. The molecule has 2 aromatic rings. The van der Waals surface area contributed by atoms with Crippen LogP contribution in [0, 0.1) is 0 Å². The number of hydrogen-bond acceptors (Lipinski definition) is 6. The molecule has 27 heavy (non-hydrogen) atoms. The average molecular weight is 370 g/mol. The van der Waals surface area contributed by atoms with Crippen LogP contribution in [-0.4, -0.2) is 29.4 Å². The Bertz CT molecular complexity index is 1030. The number of rotatable bonds is 5. The van der Waals surface area contributed by atoms with Gasteiger partial charge in [0, 0.05) is 18.6 Å². The van der Waals surface area contributed by atoms with Crippen molar-refractivity contribution >= 4 is 29.2 Å². The summed E-state index contributed by atoms with van der Waals surface area (Å²) in [5.41, 5.74) is 5.86. The largest absolute Gasteiger partial charge is 0.497 e. The van der Waals surface area contributed by atoms with Crippen molar-refractivity contribution in [3.05, 3.63) is 45.7 Å². The number of nitrogen functional groups attached to an aromatic ring is 1. The summed E-state index contributed by atoms with van der Waals surface area (Å²) in [6.07, 6.45) is 0.956. The van der Waals surface area contributed by atoms with Gasteiger partial charge in [-0.1, -0.05) is 6.92 Å². The number of ether oxygens (including phenoxy) is 1. The summed E-state index contributed by atoms with van der Waals surface area (Å²) in [6.45, 7) is 1.87. The number of nitrogens with two attached hydrogens (primary N) is 1. The molecule has 0 spiro atoms. The van der Waals surface area contributed by atoms with E-state index in [2.05, 4.69) is 10.6 Å². The molecule has 0 saturated heterocycles. The van der Waals surface area contributed by atoms with Gasteiger partial charge in [-0.2, -0.15) is 0 Å². The van der Waals surface area contributed by atoms with Crippen molar-refractivity contribution in [2.75, 3.05) is 18.2 Å². The first kappa shape index (κ1) is 18.2. The number of nitrogens with zero attached hydrogens (tertiary/aromatic N) is 1. The number of pyridine rings is 1. The fourth-order valence-corrected chi connectivity index (χ4v) is 2.90. The zero-order valence-electron chi connectivity index (χ0n) is 14.8. The third-order valence-electron chi connectivity index (χ3n) is 4.15. The van der Waals surface area contributed by atoms with Crippen molar-refractivity contribution in [2.45, 2.75) is 19.8 Å². The Balaban J connectivity index is 2.23. The summed E-state index contributed by atoms with van der Waals surface area (Å²) in [7, 11) is 1.45. The maximum atomic E-state index is 12.7. The van der Waals surface area contributed by atoms with E-state index in [9.17, 15) is 19.2 Å². The highest BCUT2D eigenvalue weighted by molar-refractivity contribution is 6.23. The predicted octanol–water partition coefficient (Wildman–Crippen LogP) is 1.05. The number of carbonyl (C=O) groups excluding carboxylic acids is 3. The maximum absolute atomic E-state index is 12.7. The molecule has 140 valence electrons. The Morgan fingerprint density at radius 2 is 1.96 bits per heavy atom. The van der Waals surface area contributed by atoms with Crippen LogP contribution < -0.4 is 26.7 Å². The normalized spacial score (nSPS) is 12.5. The number of hydrogen-bond donors (Lipinski definition) is 3. The van der Waals surface area contributed by atoms with Crippen LogP contribution in [0.1, 0.15) is 40.5 Å². The van der Waals surface area contributed by atoms with Gasteiger partial charge in [0.15, 0.2) is 0 Å². The summed E-state index contributed by atoms with van der Waals surface area (Å²) in [5, 5.41) is 4.84. The minimum absolute atomic E-state index is 0.0711. The molecule has 0 atom stereocenters. The molecular weight excluding hydrogens is 352 g/mol. The van der Waals surface area contributed by atoms with E-state index >= 15 is 0 Å². The standard InChI is InChI=1S/C18H18N4O5/c1-3-4-13(23)20-11-6-5-9(27-2)7-12(11)22-14(24)8-10-15(16(22)19)18(26)21-17(10)25/h5-8H,3-4,19H2,1-2H3,(H,20,23)(H,21,25,26). The fourth-order valence-electron chi connectivity index (χ4n) is 2.90. The molecule has 3 amide bonds. The van der Waals surface area contributed by atoms with Crippen molar-refractivity contribution in [1.82, 2.24) is 9.88 Å². The second kappa shape index (κ2) is 6.94. The molecule has 0 saturated carbocycles. The highest BCUT2D eigenvalue weighted by Crippen LogP contribution is 2.29. The summed E-state index contributed by atoms with van der Waals surface area (Å²) >= 11 is 0. The number of imide groups is 1. The molecule has 0 aliphatic carbocycles. The van der Waals surface area contributed by atoms with E-state index < -0.39 is 17.4 Å². The van der Waals surface area contributed by atoms with Crippen molar-refractivity contribution in [3.8, 4) is 11.4 Å². The number of methoxy groups -OCH3 is 1. The van der Waals surface area contributed by atoms with Gasteiger partial charge in [0.25, 0.3) is 17.4 Å². The molecule has 9 nitrogen and oxygen atoms in total. The third-order valence-corrected chi connectivity index (χ3v) is 4.15. The van der Waals surface area contributed by atoms with Gasteiger partial charge in [0.05, 0.1) is 29.6 Å². The smallest absolute Gasteiger partial charge is 0.262 e. The van der Waals surface area contributed by atoms with E-state index in [0.717, 1.165) is 10.6 Å². The Morgan fingerprint density at radius 3 is 2.63 bits per heavy atom. The van der Waals surface area contributed by atoms with Crippen LogP contribution in [0.4, 0.5) is 11.5 Å². The monoisotopic (exact) mass is 370 g/mol. The second-order valence-electron chi connectivity index (χ2n) is 5.96. The predicted molar refractivity (Wildman–Crippen MR) is 98.3 cm³/mol. The molecule has 4 N–H and O–H groups in total. The van der Waals surface area contributed by atoms with E-state index in [1.807, 2.05) is 6.92 Å². The molecule has 1 aliphatic heterocycles. The van der Waals surface area contributed by atoms with Gasteiger partial charge in [-0.25, -0.2) is 0 Å². The molecular formula is C18H18N4O5. The Hall–Kier alpha value is -3.62. The highest BCUT2D eigenvalue weighted by atomic mass is 16.5. The van der Waals surface area contributed by atoms with Crippen LogP contribution in [0.5, 0.6) is 5.75 Å². The Kier molecular flexibility index (Phi) is 4.68. The number of aromatic nitrogens is 1. The fraction of sp³-hybridized carbons (Fsp3) is 0.222. The third kappa shape index (κ3) is 3.14. The molecule has 0 bridgehead atoms. The van der Waals surface area contributed by atoms with Crippen LogP contribution in [0.25, 0.3) is 5.69 Å². The number of anilines is 2. The lowest BCUT2D eigenvalue weighted by molar-refractivity contribution is -0.116. The average Bonchev–Trinajstić information content (AvgIpc) is 2.90. The van der Waals surface area contributed by atoms with Crippen molar-refractivity contribution in [2.24, 2.45) is 0 Å². The van der Waals surface area contributed by atoms with Gasteiger partial charge >= 0.3 is 0 Å². The van der Waals surface area contributed by atoms with E-state index in [1.54, 1.807) is 12.1 Å². The van der Waals surface area contributed by atoms with Crippen LogP contribution in [-0.2, 0) is 4.79 Å². The van der Waals surface area contributed by atoms with Gasteiger partial charge in [-0.3, -0.25) is 29.1 Å². The van der Waals surface area contributed by atoms with E-state index in [1.165, 1.54) is 13.2 Å². The minimum Gasteiger partial charge on any atom is -0.497 e.